The Morgan fingerprint density at radius 1 is 1.36 bits per heavy atom. The molecule has 0 radical (unpaired) electrons. The van der Waals surface area contributed by atoms with E-state index in [1.165, 1.54) is 5.56 Å². The molecular formula is C21H26N6O. The van der Waals surface area contributed by atoms with Crippen LogP contribution in [0.4, 0.5) is 10.5 Å². The first-order valence-electron chi connectivity index (χ1n) is 9.87. The number of benzene rings is 1. The summed E-state index contributed by atoms with van der Waals surface area (Å²) in [4.78, 5) is 26.8. The molecule has 3 heterocycles. The molecule has 1 aliphatic heterocycles. The van der Waals surface area contributed by atoms with E-state index in [0.717, 1.165) is 61.4 Å². The molecule has 28 heavy (non-hydrogen) atoms. The number of aryl methyl sites for hydroxylation is 1. The van der Waals surface area contributed by atoms with Gasteiger partial charge in [-0.05, 0) is 49.2 Å². The number of hydrogen-bond donors (Lipinski definition) is 3. The molecule has 2 aromatic heterocycles. The second kappa shape index (κ2) is 8.39. The SMILES string of the molecule is CCc1nc2ccc(NC(=O)N[C@@H]3CCCN(Cc4cccnc4)C3)cc2[nH]1. The minimum absolute atomic E-state index is 0.146. The van der Waals surface area contributed by atoms with Crippen molar-refractivity contribution in [1.82, 2.24) is 25.2 Å². The van der Waals surface area contributed by atoms with Crippen LogP contribution in [0, 0.1) is 0 Å². The number of piperidine rings is 1. The number of carbonyl (C=O) groups excluding carboxylic acids is 1. The first-order valence-corrected chi connectivity index (χ1v) is 9.87. The van der Waals surface area contributed by atoms with Gasteiger partial charge in [-0.15, -0.1) is 0 Å². The fraction of sp³-hybridized carbons (Fsp3) is 0.381. The number of amides is 2. The third kappa shape index (κ3) is 4.48. The normalized spacial score (nSPS) is 17.5. The molecule has 7 heteroatoms. The monoisotopic (exact) mass is 378 g/mol. The van der Waals surface area contributed by atoms with Crippen LogP contribution in [0.2, 0.25) is 0 Å². The summed E-state index contributed by atoms with van der Waals surface area (Å²) in [5.41, 5.74) is 3.82. The predicted octanol–water partition coefficient (Wildman–Crippen LogP) is 3.31. The lowest BCUT2D eigenvalue weighted by Crippen LogP contribution is -2.48. The molecule has 2 amide bonds. The quantitative estimate of drug-likeness (QED) is 0.636. The van der Waals surface area contributed by atoms with Crippen molar-refractivity contribution in [3.8, 4) is 0 Å². The third-order valence-corrected chi connectivity index (χ3v) is 5.09. The summed E-state index contributed by atoms with van der Waals surface area (Å²) >= 11 is 0. The number of likely N-dealkylation sites (tertiary alicyclic amines) is 1. The number of nitrogens with one attached hydrogen (secondary N) is 3. The molecule has 1 saturated heterocycles. The van der Waals surface area contributed by atoms with Crippen molar-refractivity contribution >= 4 is 22.8 Å². The Labute approximate surface area is 164 Å². The maximum atomic E-state index is 12.5. The molecule has 7 nitrogen and oxygen atoms in total. The summed E-state index contributed by atoms with van der Waals surface area (Å²) in [7, 11) is 0. The average molecular weight is 378 g/mol. The summed E-state index contributed by atoms with van der Waals surface area (Å²) in [6, 6.07) is 9.77. The second-order valence-corrected chi connectivity index (χ2v) is 7.30. The number of pyridine rings is 1. The van der Waals surface area contributed by atoms with Gasteiger partial charge in [0, 0.05) is 43.6 Å². The molecule has 146 valence electrons. The van der Waals surface area contributed by atoms with Crippen LogP contribution in [0.15, 0.2) is 42.7 Å². The Morgan fingerprint density at radius 2 is 2.29 bits per heavy atom. The van der Waals surface area contributed by atoms with Crippen molar-refractivity contribution in [1.29, 1.82) is 0 Å². The van der Waals surface area contributed by atoms with E-state index in [1.54, 1.807) is 6.20 Å². The van der Waals surface area contributed by atoms with E-state index in [1.807, 2.05) is 30.5 Å². The average Bonchev–Trinajstić information content (AvgIpc) is 3.11. The smallest absolute Gasteiger partial charge is 0.319 e. The van der Waals surface area contributed by atoms with E-state index >= 15 is 0 Å². The predicted molar refractivity (Wildman–Crippen MR) is 110 cm³/mol. The van der Waals surface area contributed by atoms with Crippen LogP contribution >= 0.6 is 0 Å². The Balaban J connectivity index is 1.32. The second-order valence-electron chi connectivity index (χ2n) is 7.30. The number of nitrogens with zero attached hydrogens (tertiary/aromatic N) is 3. The molecule has 0 saturated carbocycles. The van der Waals surface area contributed by atoms with Crippen molar-refractivity contribution in [2.24, 2.45) is 0 Å². The van der Waals surface area contributed by atoms with E-state index in [0.29, 0.717) is 0 Å². The number of anilines is 1. The van der Waals surface area contributed by atoms with Crippen molar-refractivity contribution < 1.29 is 4.79 Å². The maximum absolute atomic E-state index is 12.5. The van der Waals surface area contributed by atoms with E-state index in [4.69, 9.17) is 0 Å². The molecule has 3 N–H and O–H groups in total. The third-order valence-electron chi connectivity index (χ3n) is 5.09. The summed E-state index contributed by atoms with van der Waals surface area (Å²) in [6.07, 6.45) is 6.62. The molecular weight excluding hydrogens is 352 g/mol. The topological polar surface area (TPSA) is 85.9 Å². The fourth-order valence-corrected chi connectivity index (χ4v) is 3.73. The Morgan fingerprint density at radius 3 is 3.11 bits per heavy atom. The van der Waals surface area contributed by atoms with Crippen LogP contribution in [0.1, 0.15) is 31.2 Å². The number of carbonyl (C=O) groups is 1. The van der Waals surface area contributed by atoms with Gasteiger partial charge >= 0.3 is 6.03 Å². The summed E-state index contributed by atoms with van der Waals surface area (Å²) in [5, 5.41) is 6.06. The van der Waals surface area contributed by atoms with Gasteiger partial charge in [0.1, 0.15) is 5.82 Å². The Bertz CT molecular complexity index is 938. The number of urea groups is 1. The molecule has 3 aromatic rings. The van der Waals surface area contributed by atoms with Gasteiger partial charge in [-0.2, -0.15) is 0 Å². The minimum Gasteiger partial charge on any atom is -0.342 e. The number of aromatic amines is 1. The molecule has 1 aromatic carbocycles. The zero-order chi connectivity index (χ0) is 19.3. The lowest BCUT2D eigenvalue weighted by molar-refractivity contribution is 0.183. The van der Waals surface area contributed by atoms with E-state index in [-0.39, 0.29) is 12.1 Å². The highest BCUT2D eigenvalue weighted by molar-refractivity contribution is 5.92. The van der Waals surface area contributed by atoms with Crippen LogP contribution in [0.5, 0.6) is 0 Å². The molecule has 4 rings (SSSR count). The summed E-state index contributed by atoms with van der Waals surface area (Å²) in [6.45, 7) is 4.82. The van der Waals surface area contributed by atoms with Gasteiger partial charge in [0.2, 0.25) is 0 Å². The van der Waals surface area contributed by atoms with Gasteiger partial charge in [0.05, 0.1) is 11.0 Å². The molecule has 1 fully saturated rings. The lowest BCUT2D eigenvalue weighted by atomic mass is 10.1. The lowest BCUT2D eigenvalue weighted by Gasteiger charge is -2.33. The fourth-order valence-electron chi connectivity index (χ4n) is 3.73. The van der Waals surface area contributed by atoms with E-state index < -0.39 is 0 Å². The van der Waals surface area contributed by atoms with Gasteiger partial charge in [-0.3, -0.25) is 9.88 Å². The van der Waals surface area contributed by atoms with E-state index in [9.17, 15) is 4.79 Å². The van der Waals surface area contributed by atoms with Crippen LogP contribution < -0.4 is 10.6 Å². The molecule has 0 spiro atoms. The van der Waals surface area contributed by atoms with Gasteiger partial charge in [0.15, 0.2) is 0 Å². The largest absolute Gasteiger partial charge is 0.342 e. The number of aromatic nitrogens is 3. The van der Waals surface area contributed by atoms with Crippen molar-refractivity contribution in [3.05, 3.63) is 54.1 Å². The van der Waals surface area contributed by atoms with Gasteiger partial charge < -0.3 is 15.6 Å². The maximum Gasteiger partial charge on any atom is 0.319 e. The number of fused-ring (bicyclic) bond motifs is 1. The number of rotatable bonds is 5. The highest BCUT2D eigenvalue weighted by Crippen LogP contribution is 2.18. The van der Waals surface area contributed by atoms with Crippen LogP contribution in [-0.4, -0.2) is 45.0 Å². The van der Waals surface area contributed by atoms with Crippen LogP contribution in [-0.2, 0) is 13.0 Å². The summed E-state index contributed by atoms with van der Waals surface area (Å²) in [5.74, 6) is 0.951. The standard InChI is InChI=1S/C21H26N6O/c1-2-20-25-18-8-7-16(11-19(18)26-20)23-21(28)24-17-6-4-10-27(14-17)13-15-5-3-9-22-12-15/h3,5,7-9,11-12,17H,2,4,6,10,13-14H2,1H3,(H,25,26)(H2,23,24,28)/t17-/m1/s1. The highest BCUT2D eigenvalue weighted by atomic mass is 16.2. The number of H-pyrrole nitrogens is 1. The molecule has 0 unspecified atom stereocenters. The molecule has 1 atom stereocenters. The Kier molecular flexibility index (Phi) is 5.53. The van der Waals surface area contributed by atoms with Crippen molar-refractivity contribution in [2.45, 2.75) is 38.8 Å². The zero-order valence-electron chi connectivity index (χ0n) is 16.1. The molecule has 1 aliphatic rings. The minimum atomic E-state index is -0.164. The van der Waals surface area contributed by atoms with E-state index in [2.05, 4.69) is 43.5 Å². The zero-order valence-corrected chi connectivity index (χ0v) is 16.1. The first-order chi connectivity index (χ1) is 13.7. The number of imidazole rings is 1. The van der Waals surface area contributed by atoms with Crippen molar-refractivity contribution in [2.75, 3.05) is 18.4 Å². The first kappa shape index (κ1) is 18.4. The van der Waals surface area contributed by atoms with Crippen molar-refractivity contribution in [3.63, 3.8) is 0 Å². The summed E-state index contributed by atoms with van der Waals surface area (Å²) < 4.78 is 0. The molecule has 0 bridgehead atoms. The van der Waals surface area contributed by atoms with Crippen LogP contribution in [0.25, 0.3) is 11.0 Å². The van der Waals surface area contributed by atoms with Gasteiger partial charge in [-0.1, -0.05) is 13.0 Å². The Hall–Kier alpha value is -2.93. The molecule has 0 aliphatic carbocycles. The van der Waals surface area contributed by atoms with Crippen LogP contribution in [0.3, 0.4) is 0 Å². The highest BCUT2D eigenvalue weighted by Gasteiger charge is 2.21. The number of hydrogen-bond acceptors (Lipinski definition) is 4. The van der Waals surface area contributed by atoms with Gasteiger partial charge in [0.25, 0.3) is 0 Å². The van der Waals surface area contributed by atoms with Gasteiger partial charge in [-0.25, -0.2) is 9.78 Å².